The van der Waals surface area contributed by atoms with Crippen LogP contribution < -0.4 is 5.43 Å². The van der Waals surface area contributed by atoms with Crippen molar-refractivity contribution in [3.63, 3.8) is 0 Å². The third kappa shape index (κ3) is 4.53. The third-order valence-corrected chi connectivity index (χ3v) is 3.08. The third-order valence-electron chi connectivity index (χ3n) is 3.08. The lowest BCUT2D eigenvalue weighted by molar-refractivity contribution is 0.0954. The monoisotopic (exact) mass is 284 g/mol. The van der Waals surface area contributed by atoms with Crippen molar-refractivity contribution >= 4 is 11.6 Å². The van der Waals surface area contributed by atoms with E-state index in [1.54, 1.807) is 0 Å². The summed E-state index contributed by atoms with van der Waals surface area (Å²) in [7, 11) is 0. The van der Waals surface area contributed by atoms with Crippen LogP contribution in [-0.2, 0) is 6.42 Å². The van der Waals surface area contributed by atoms with E-state index in [1.165, 1.54) is 24.3 Å². The molecule has 108 valence electrons. The van der Waals surface area contributed by atoms with E-state index in [1.807, 2.05) is 37.3 Å². The standard InChI is InChI=1S/C17H17FN2O/c1-2-16(12-13-6-4-3-5-7-13)19-20-17(21)14-8-10-15(18)11-9-14/h3-11H,2,12H2,1H3,(H,20,21). The number of benzene rings is 2. The van der Waals surface area contributed by atoms with Gasteiger partial charge >= 0.3 is 0 Å². The number of amides is 1. The van der Waals surface area contributed by atoms with Crippen molar-refractivity contribution in [1.82, 2.24) is 5.43 Å². The van der Waals surface area contributed by atoms with Gasteiger partial charge in [-0.2, -0.15) is 5.10 Å². The molecule has 4 heteroatoms. The number of hydrogen-bond acceptors (Lipinski definition) is 2. The molecule has 21 heavy (non-hydrogen) atoms. The van der Waals surface area contributed by atoms with E-state index in [-0.39, 0.29) is 11.7 Å². The number of halogens is 1. The number of hydrazone groups is 1. The van der Waals surface area contributed by atoms with Gasteiger partial charge in [-0.15, -0.1) is 0 Å². The highest BCUT2D eigenvalue weighted by Crippen LogP contribution is 2.04. The Bertz CT molecular complexity index is 621. The Morgan fingerprint density at radius 2 is 1.76 bits per heavy atom. The predicted octanol–water partition coefficient (Wildman–Crippen LogP) is 3.56. The maximum atomic E-state index is 12.8. The fourth-order valence-electron chi connectivity index (χ4n) is 1.87. The Labute approximate surface area is 123 Å². The highest BCUT2D eigenvalue weighted by Gasteiger charge is 2.05. The molecule has 0 spiro atoms. The smallest absolute Gasteiger partial charge is 0.267 e. The number of rotatable bonds is 5. The molecule has 0 heterocycles. The first-order valence-corrected chi connectivity index (χ1v) is 6.84. The van der Waals surface area contributed by atoms with Crippen LogP contribution in [0.2, 0.25) is 0 Å². The molecular weight excluding hydrogens is 267 g/mol. The van der Waals surface area contributed by atoms with Crippen molar-refractivity contribution in [3.05, 3.63) is 71.5 Å². The zero-order valence-electron chi connectivity index (χ0n) is 11.8. The molecule has 0 aliphatic rings. The molecule has 0 fully saturated rings. The Kier molecular flexibility index (Phi) is 5.21. The Hall–Kier alpha value is -2.49. The fraction of sp³-hybridized carbons (Fsp3) is 0.176. The van der Waals surface area contributed by atoms with E-state index in [9.17, 15) is 9.18 Å². The first-order chi connectivity index (χ1) is 10.2. The highest BCUT2D eigenvalue weighted by molar-refractivity contribution is 5.95. The van der Waals surface area contributed by atoms with Crippen LogP contribution in [0.3, 0.4) is 0 Å². The maximum absolute atomic E-state index is 12.8. The fourth-order valence-corrected chi connectivity index (χ4v) is 1.87. The highest BCUT2D eigenvalue weighted by atomic mass is 19.1. The SMILES string of the molecule is CCC(Cc1ccccc1)=NNC(=O)c1ccc(F)cc1. The predicted molar refractivity (Wildman–Crippen MR) is 81.7 cm³/mol. The summed E-state index contributed by atoms with van der Waals surface area (Å²) in [6, 6.07) is 15.3. The second kappa shape index (κ2) is 7.33. The molecule has 1 N–H and O–H groups in total. The van der Waals surface area contributed by atoms with Gasteiger partial charge < -0.3 is 0 Å². The number of carbonyl (C=O) groups is 1. The molecule has 3 nitrogen and oxygen atoms in total. The molecule has 0 saturated heterocycles. The van der Waals surface area contributed by atoms with Gasteiger partial charge in [0.2, 0.25) is 0 Å². The molecule has 2 aromatic carbocycles. The lowest BCUT2D eigenvalue weighted by Gasteiger charge is -2.05. The first-order valence-electron chi connectivity index (χ1n) is 6.84. The van der Waals surface area contributed by atoms with Crippen molar-refractivity contribution < 1.29 is 9.18 Å². The molecule has 0 unspecified atom stereocenters. The lowest BCUT2D eigenvalue weighted by Crippen LogP contribution is -2.20. The molecule has 2 rings (SSSR count). The Morgan fingerprint density at radius 3 is 2.38 bits per heavy atom. The van der Waals surface area contributed by atoms with Crippen LogP contribution >= 0.6 is 0 Å². The lowest BCUT2D eigenvalue weighted by atomic mass is 10.1. The minimum absolute atomic E-state index is 0.339. The number of hydrogen-bond donors (Lipinski definition) is 1. The number of carbonyl (C=O) groups excluding carboxylic acids is 1. The summed E-state index contributed by atoms with van der Waals surface area (Å²) >= 11 is 0. The maximum Gasteiger partial charge on any atom is 0.271 e. The van der Waals surface area contributed by atoms with Crippen LogP contribution in [0.4, 0.5) is 4.39 Å². The van der Waals surface area contributed by atoms with E-state index in [0.717, 1.165) is 17.7 Å². The van der Waals surface area contributed by atoms with Gasteiger partial charge in [0, 0.05) is 17.7 Å². The van der Waals surface area contributed by atoms with Gasteiger partial charge in [-0.3, -0.25) is 4.79 Å². The molecular formula is C17H17FN2O. The first kappa shape index (κ1) is 14.9. The zero-order chi connectivity index (χ0) is 15.1. The average molecular weight is 284 g/mol. The largest absolute Gasteiger partial charge is 0.271 e. The summed E-state index contributed by atoms with van der Waals surface area (Å²) < 4.78 is 12.8. The average Bonchev–Trinajstić information content (AvgIpc) is 2.52. The molecule has 2 aromatic rings. The van der Waals surface area contributed by atoms with Crippen LogP contribution in [0.25, 0.3) is 0 Å². The van der Waals surface area contributed by atoms with Crippen molar-refractivity contribution in [2.45, 2.75) is 19.8 Å². The van der Waals surface area contributed by atoms with E-state index >= 15 is 0 Å². The Morgan fingerprint density at radius 1 is 1.10 bits per heavy atom. The topological polar surface area (TPSA) is 41.5 Å². The summed E-state index contributed by atoms with van der Waals surface area (Å²) in [6.07, 6.45) is 1.44. The van der Waals surface area contributed by atoms with Crippen LogP contribution in [-0.4, -0.2) is 11.6 Å². The Balaban J connectivity index is 2.00. The molecule has 0 radical (unpaired) electrons. The van der Waals surface area contributed by atoms with E-state index in [2.05, 4.69) is 10.5 Å². The van der Waals surface area contributed by atoms with Gasteiger partial charge in [0.25, 0.3) is 5.91 Å². The molecule has 0 aliphatic carbocycles. The summed E-state index contributed by atoms with van der Waals surface area (Å²) in [5.41, 5.74) is 4.93. The van der Waals surface area contributed by atoms with E-state index in [4.69, 9.17) is 0 Å². The van der Waals surface area contributed by atoms with E-state index in [0.29, 0.717) is 12.0 Å². The van der Waals surface area contributed by atoms with Crippen LogP contribution in [0.5, 0.6) is 0 Å². The van der Waals surface area contributed by atoms with E-state index < -0.39 is 0 Å². The van der Waals surface area contributed by atoms with Gasteiger partial charge in [0.05, 0.1) is 0 Å². The van der Waals surface area contributed by atoms with Crippen molar-refractivity contribution in [2.75, 3.05) is 0 Å². The van der Waals surface area contributed by atoms with Gasteiger partial charge in [0.1, 0.15) is 5.82 Å². The van der Waals surface area contributed by atoms with Gasteiger partial charge in [-0.25, -0.2) is 9.82 Å². The molecule has 1 amide bonds. The van der Waals surface area contributed by atoms with Crippen LogP contribution in [0, 0.1) is 5.82 Å². The summed E-state index contributed by atoms with van der Waals surface area (Å²) in [5, 5.41) is 4.16. The van der Waals surface area contributed by atoms with Gasteiger partial charge in [-0.1, -0.05) is 37.3 Å². The number of nitrogens with one attached hydrogen (secondary N) is 1. The minimum atomic E-state index is -0.367. The summed E-state index contributed by atoms with van der Waals surface area (Å²) in [6.45, 7) is 1.99. The van der Waals surface area contributed by atoms with Crippen molar-refractivity contribution in [3.8, 4) is 0 Å². The van der Waals surface area contributed by atoms with Gasteiger partial charge in [0.15, 0.2) is 0 Å². The van der Waals surface area contributed by atoms with Crippen molar-refractivity contribution in [1.29, 1.82) is 0 Å². The molecule has 0 aliphatic heterocycles. The second-order valence-electron chi connectivity index (χ2n) is 4.64. The quantitative estimate of drug-likeness (QED) is 0.662. The summed E-state index contributed by atoms with van der Waals surface area (Å²) in [5.74, 6) is -0.706. The van der Waals surface area contributed by atoms with Crippen molar-refractivity contribution in [2.24, 2.45) is 5.10 Å². The zero-order valence-corrected chi connectivity index (χ0v) is 11.8. The van der Waals surface area contributed by atoms with Crippen LogP contribution in [0.15, 0.2) is 59.7 Å². The number of nitrogens with zero attached hydrogens (tertiary/aromatic N) is 1. The second-order valence-corrected chi connectivity index (χ2v) is 4.64. The minimum Gasteiger partial charge on any atom is -0.267 e. The molecule has 0 bridgehead atoms. The van der Waals surface area contributed by atoms with Gasteiger partial charge in [-0.05, 0) is 36.2 Å². The summed E-state index contributed by atoms with van der Waals surface area (Å²) in [4.78, 5) is 11.9. The van der Waals surface area contributed by atoms with Crippen LogP contribution in [0.1, 0.15) is 29.3 Å². The molecule has 0 saturated carbocycles. The normalized spacial score (nSPS) is 11.2. The molecule has 0 atom stereocenters. The molecule has 0 aromatic heterocycles.